The molecule has 0 radical (unpaired) electrons. The van der Waals surface area contributed by atoms with Gasteiger partial charge in [0.1, 0.15) is 0 Å². The molecule has 0 heterocycles. The molecule has 116 valence electrons. The Morgan fingerprint density at radius 3 is 2.18 bits per heavy atom. The van der Waals surface area contributed by atoms with Gasteiger partial charge in [0.25, 0.3) is 0 Å². The van der Waals surface area contributed by atoms with E-state index in [1.165, 1.54) is 11.1 Å². The van der Waals surface area contributed by atoms with Crippen LogP contribution in [0.5, 0.6) is 0 Å². The number of fused-ring (bicyclic) bond motifs is 1. The van der Waals surface area contributed by atoms with E-state index < -0.39 is 0 Å². The third kappa shape index (κ3) is 3.17. The second kappa shape index (κ2) is 7.34. The molecule has 1 aromatic rings. The molecule has 0 saturated heterocycles. The van der Waals surface area contributed by atoms with Gasteiger partial charge in [0.05, 0.1) is 0 Å². The molecule has 0 spiro atoms. The van der Waals surface area contributed by atoms with Crippen LogP contribution in [-0.2, 0) is 19.2 Å². The van der Waals surface area contributed by atoms with E-state index in [-0.39, 0.29) is 58.5 Å². The van der Waals surface area contributed by atoms with Crippen molar-refractivity contribution in [3.05, 3.63) is 62.1 Å². The van der Waals surface area contributed by atoms with Crippen molar-refractivity contribution in [1.29, 1.82) is 0 Å². The van der Waals surface area contributed by atoms with Crippen LogP contribution in [-0.4, -0.2) is 0 Å². The predicted molar refractivity (Wildman–Crippen MR) is 83.1 cm³/mol. The smallest absolute Gasteiger partial charge is 1.00 e. The fraction of sp³-hybridized carbons (Fsp3) is 0.368. The molecule has 1 atom stereocenters. The van der Waals surface area contributed by atoms with Crippen LogP contribution in [0, 0.1) is 5.41 Å². The van der Waals surface area contributed by atoms with Crippen molar-refractivity contribution in [2.45, 2.75) is 38.8 Å². The van der Waals surface area contributed by atoms with Crippen molar-refractivity contribution in [3.8, 4) is 0 Å². The molecule has 22 heavy (non-hydrogen) atoms. The molecule has 0 fully saturated rings. The van der Waals surface area contributed by atoms with Crippen molar-refractivity contribution < 1.29 is 53.1 Å². The first-order chi connectivity index (χ1) is 9.43. The predicted octanol–water partition coefficient (Wildman–Crippen LogP) is -0.505. The normalized spacial score (nSPS) is 21.2. The summed E-state index contributed by atoms with van der Waals surface area (Å²) in [6.45, 7) is 11.8. The molecule has 0 N–H and O–H groups in total. The zero-order chi connectivity index (χ0) is 14.5. The summed E-state index contributed by atoms with van der Waals surface area (Å²) < 4.78 is 2.42. The Hall–Kier alpha value is 0.114. The minimum Gasteiger partial charge on any atom is -1.00 e. The molecule has 2 aliphatic rings. The maximum absolute atomic E-state index is 2.43. The Balaban J connectivity index is 0.00000121. The van der Waals surface area contributed by atoms with Crippen LogP contribution in [0.25, 0.3) is 6.08 Å². The SMILES string of the molecule is CC1=C(C)C(C)(C)[C]([Ti+2][CH]2C=Cc3ccccc32)=C1C.[Br-].[Br-]. The second-order valence-electron chi connectivity index (χ2n) is 6.49. The van der Waals surface area contributed by atoms with Crippen LogP contribution in [0.2, 0.25) is 0 Å². The Morgan fingerprint density at radius 1 is 0.955 bits per heavy atom. The minimum atomic E-state index is -0.162. The summed E-state index contributed by atoms with van der Waals surface area (Å²) in [5.74, 6) is 0. The van der Waals surface area contributed by atoms with E-state index >= 15 is 0 Å². The molecular formula is C19H22Br2Ti. The van der Waals surface area contributed by atoms with E-state index in [2.05, 4.69) is 71.0 Å². The van der Waals surface area contributed by atoms with Gasteiger partial charge in [-0.2, -0.15) is 0 Å². The van der Waals surface area contributed by atoms with Crippen LogP contribution in [0.3, 0.4) is 0 Å². The van der Waals surface area contributed by atoms with Gasteiger partial charge in [0, 0.05) is 0 Å². The van der Waals surface area contributed by atoms with E-state index in [0.717, 1.165) is 0 Å². The molecular weight excluding hydrogens is 436 g/mol. The first-order valence-corrected chi connectivity index (χ1v) is 9.04. The summed E-state index contributed by atoms with van der Waals surface area (Å²) >= 11 is -0.162. The Bertz CT molecular complexity index is 666. The van der Waals surface area contributed by atoms with Gasteiger partial charge in [0.15, 0.2) is 0 Å². The number of hydrogen-bond donors (Lipinski definition) is 0. The van der Waals surface area contributed by atoms with Crippen molar-refractivity contribution in [3.63, 3.8) is 0 Å². The van der Waals surface area contributed by atoms with Crippen molar-refractivity contribution >= 4 is 6.08 Å². The molecule has 3 rings (SSSR count). The Kier molecular flexibility index (Phi) is 6.73. The number of benzene rings is 1. The first kappa shape index (κ1) is 20.2. The van der Waals surface area contributed by atoms with Gasteiger partial charge in [-0.25, -0.2) is 0 Å². The molecule has 0 saturated carbocycles. The van der Waals surface area contributed by atoms with Crippen molar-refractivity contribution in [1.82, 2.24) is 0 Å². The molecule has 0 bridgehead atoms. The zero-order valence-electron chi connectivity index (χ0n) is 13.8. The number of hydrogen-bond acceptors (Lipinski definition) is 0. The minimum absolute atomic E-state index is 0. The average molecular weight is 458 g/mol. The quantitative estimate of drug-likeness (QED) is 0.525. The summed E-state index contributed by atoms with van der Waals surface area (Å²) in [5.41, 5.74) is 7.93. The topological polar surface area (TPSA) is 0 Å². The largest absolute Gasteiger partial charge is 1.00 e. The van der Waals surface area contributed by atoms with Crippen molar-refractivity contribution in [2.75, 3.05) is 0 Å². The summed E-state index contributed by atoms with van der Waals surface area (Å²) in [4.78, 5) is 0. The second-order valence-corrected chi connectivity index (χ2v) is 8.69. The fourth-order valence-corrected chi connectivity index (χ4v) is 6.34. The summed E-state index contributed by atoms with van der Waals surface area (Å²) in [7, 11) is 0. The van der Waals surface area contributed by atoms with Crippen LogP contribution in [0.15, 0.2) is 50.9 Å². The van der Waals surface area contributed by atoms with Crippen LogP contribution in [0.1, 0.15) is 50.0 Å². The molecule has 2 aliphatic carbocycles. The first-order valence-electron chi connectivity index (χ1n) is 7.36. The number of rotatable bonds is 2. The van der Waals surface area contributed by atoms with Crippen molar-refractivity contribution in [2.24, 2.45) is 5.41 Å². The number of halogens is 2. The maximum atomic E-state index is 2.43. The molecule has 1 unspecified atom stereocenters. The standard InChI is InChI=1S/C10H15.C9H7.2BrH.Ti/c1-7-6-10(4,5)9(3)8(7)2;1-2-5-9-7-3-6-8(9)4-1;;;/h1-5H3;1-7H;2*1H;/q;;;;+2/p-2. The third-order valence-corrected chi connectivity index (χ3v) is 8.45. The van der Waals surface area contributed by atoms with Crippen LogP contribution in [0.4, 0.5) is 0 Å². The summed E-state index contributed by atoms with van der Waals surface area (Å²) in [6, 6.07) is 8.88. The molecule has 0 aromatic heterocycles. The molecule has 0 nitrogen and oxygen atoms in total. The van der Waals surface area contributed by atoms with Gasteiger partial charge in [-0.05, 0) is 0 Å². The van der Waals surface area contributed by atoms with Gasteiger partial charge in [-0.15, -0.1) is 0 Å². The van der Waals surface area contributed by atoms with Gasteiger partial charge in [-0.3, -0.25) is 0 Å². The van der Waals surface area contributed by atoms with Gasteiger partial charge in [-0.1, -0.05) is 0 Å². The molecule has 0 aliphatic heterocycles. The molecule has 3 heteroatoms. The summed E-state index contributed by atoms with van der Waals surface area (Å²) in [6.07, 6.45) is 4.75. The molecule has 0 amide bonds. The van der Waals surface area contributed by atoms with E-state index in [0.29, 0.717) is 4.22 Å². The van der Waals surface area contributed by atoms with Gasteiger partial charge < -0.3 is 34.0 Å². The Labute approximate surface area is 164 Å². The van der Waals surface area contributed by atoms with Crippen LogP contribution < -0.4 is 34.0 Å². The van der Waals surface area contributed by atoms with Gasteiger partial charge >= 0.3 is 132 Å². The zero-order valence-corrected chi connectivity index (χ0v) is 18.5. The summed E-state index contributed by atoms with van der Waals surface area (Å²) in [5, 5.41) is 0. The Morgan fingerprint density at radius 2 is 1.59 bits per heavy atom. The molecule has 1 aromatic carbocycles. The monoisotopic (exact) mass is 456 g/mol. The maximum Gasteiger partial charge on any atom is -1.00 e. The van der Waals surface area contributed by atoms with Crippen LogP contribution >= 0.6 is 0 Å². The third-order valence-electron chi connectivity index (χ3n) is 5.16. The van der Waals surface area contributed by atoms with E-state index in [4.69, 9.17) is 0 Å². The fourth-order valence-electron chi connectivity index (χ4n) is 3.41. The van der Waals surface area contributed by atoms with Gasteiger partial charge in [0.2, 0.25) is 0 Å². The van der Waals surface area contributed by atoms with E-state index in [1.54, 1.807) is 20.6 Å². The van der Waals surface area contributed by atoms with E-state index in [9.17, 15) is 0 Å². The number of allylic oxidation sites excluding steroid dienone is 5. The average Bonchev–Trinajstić information content (AvgIpc) is 2.90. The van der Waals surface area contributed by atoms with E-state index in [1.807, 2.05) is 0 Å².